The molecule has 3 nitrogen and oxygen atoms in total. The second kappa shape index (κ2) is 5.55. The smallest absolute Gasteiger partial charge is 0.134 e. The van der Waals surface area contributed by atoms with Crippen LogP contribution in [0, 0.1) is 5.92 Å². The van der Waals surface area contributed by atoms with E-state index in [-0.39, 0.29) is 11.8 Å². The van der Waals surface area contributed by atoms with Gasteiger partial charge in [0.1, 0.15) is 11.5 Å². The Morgan fingerprint density at radius 2 is 2.06 bits per heavy atom. The van der Waals surface area contributed by atoms with Crippen LogP contribution < -0.4 is 10.5 Å². The quantitative estimate of drug-likeness (QED) is 0.894. The maximum Gasteiger partial charge on any atom is 0.134 e. The van der Waals surface area contributed by atoms with E-state index < -0.39 is 0 Å². The molecule has 0 fully saturated rings. The number of hydrogen-bond acceptors (Lipinski definition) is 3. The predicted octanol–water partition coefficient (Wildman–Crippen LogP) is 3.21. The topological polar surface area (TPSA) is 55.5 Å². The molecular weight excluding hydrogens is 270 g/mol. The average molecular weight is 288 g/mol. The van der Waals surface area contributed by atoms with Gasteiger partial charge in [-0.15, -0.1) is 0 Å². The largest absolute Gasteiger partial charge is 0.506 e. The summed E-state index contributed by atoms with van der Waals surface area (Å²) in [6, 6.07) is 3.33. The number of halogens is 1. The molecule has 0 saturated heterocycles. The number of phenolic OH excluding ortho intramolecular Hbond substituents is 1. The Morgan fingerprint density at radius 1 is 1.44 bits per heavy atom. The molecule has 90 valence electrons. The van der Waals surface area contributed by atoms with E-state index in [1.165, 1.54) is 0 Å². The number of ether oxygens (including phenoxy) is 1. The molecule has 0 unspecified atom stereocenters. The second-order valence-electron chi connectivity index (χ2n) is 4.28. The molecule has 1 aromatic rings. The van der Waals surface area contributed by atoms with Gasteiger partial charge in [0.2, 0.25) is 0 Å². The van der Waals surface area contributed by atoms with Crippen LogP contribution >= 0.6 is 15.9 Å². The van der Waals surface area contributed by atoms with Gasteiger partial charge >= 0.3 is 0 Å². The third kappa shape index (κ3) is 3.12. The van der Waals surface area contributed by atoms with Crippen molar-refractivity contribution in [2.45, 2.75) is 26.3 Å². The Bertz CT molecular complexity index is 366. The Morgan fingerprint density at radius 3 is 2.56 bits per heavy atom. The summed E-state index contributed by atoms with van der Waals surface area (Å²) >= 11 is 3.29. The van der Waals surface area contributed by atoms with Gasteiger partial charge in [0.25, 0.3) is 0 Å². The van der Waals surface area contributed by atoms with E-state index in [2.05, 4.69) is 29.8 Å². The van der Waals surface area contributed by atoms with Gasteiger partial charge in [-0.3, -0.25) is 0 Å². The van der Waals surface area contributed by atoms with Crippen LogP contribution in [0.3, 0.4) is 0 Å². The summed E-state index contributed by atoms with van der Waals surface area (Å²) < 4.78 is 5.76. The third-order valence-electron chi connectivity index (χ3n) is 2.43. The molecule has 3 N–H and O–H groups in total. The lowest BCUT2D eigenvalue weighted by molar-refractivity contribution is 0.405. The number of benzene rings is 1. The summed E-state index contributed by atoms with van der Waals surface area (Å²) in [5.74, 6) is 1.38. The van der Waals surface area contributed by atoms with E-state index in [4.69, 9.17) is 10.5 Å². The minimum Gasteiger partial charge on any atom is -0.506 e. The molecule has 0 spiro atoms. The van der Waals surface area contributed by atoms with Crippen LogP contribution in [0.4, 0.5) is 0 Å². The van der Waals surface area contributed by atoms with E-state index in [0.29, 0.717) is 16.1 Å². The van der Waals surface area contributed by atoms with Crippen molar-refractivity contribution in [3.8, 4) is 11.5 Å². The number of phenols is 1. The SMILES string of the molecule is COc1cc(Br)c(O)c([C@H](N)CC(C)C)c1. The first-order chi connectivity index (χ1) is 7.45. The van der Waals surface area contributed by atoms with Crippen molar-refractivity contribution in [2.75, 3.05) is 7.11 Å². The molecule has 1 aromatic carbocycles. The van der Waals surface area contributed by atoms with E-state index >= 15 is 0 Å². The molecule has 0 aromatic heterocycles. The molecule has 0 amide bonds. The Balaban J connectivity index is 3.06. The minimum absolute atomic E-state index is 0.175. The molecule has 0 heterocycles. The predicted molar refractivity (Wildman–Crippen MR) is 68.7 cm³/mol. The fourth-order valence-electron chi connectivity index (χ4n) is 1.63. The van der Waals surface area contributed by atoms with Crippen molar-refractivity contribution in [3.05, 3.63) is 22.2 Å². The number of rotatable bonds is 4. The molecule has 4 heteroatoms. The zero-order valence-electron chi connectivity index (χ0n) is 9.83. The molecule has 0 aliphatic rings. The van der Waals surface area contributed by atoms with E-state index in [1.54, 1.807) is 19.2 Å². The fourth-order valence-corrected chi connectivity index (χ4v) is 2.08. The van der Waals surface area contributed by atoms with E-state index in [0.717, 1.165) is 12.0 Å². The molecule has 0 aliphatic heterocycles. The molecule has 1 rings (SSSR count). The molecule has 16 heavy (non-hydrogen) atoms. The van der Waals surface area contributed by atoms with Gasteiger partial charge in [-0.05, 0) is 40.4 Å². The highest BCUT2D eigenvalue weighted by molar-refractivity contribution is 9.10. The van der Waals surface area contributed by atoms with Crippen molar-refractivity contribution in [3.63, 3.8) is 0 Å². The minimum atomic E-state index is -0.175. The first-order valence-corrected chi connectivity index (χ1v) is 6.07. The van der Waals surface area contributed by atoms with Crippen molar-refractivity contribution >= 4 is 15.9 Å². The summed E-state index contributed by atoms with van der Waals surface area (Å²) in [5.41, 5.74) is 6.78. The van der Waals surface area contributed by atoms with Gasteiger partial charge in [0.15, 0.2) is 0 Å². The Labute approximate surface area is 105 Å². The van der Waals surface area contributed by atoms with Gasteiger partial charge in [-0.25, -0.2) is 0 Å². The zero-order valence-corrected chi connectivity index (χ0v) is 11.4. The van der Waals surface area contributed by atoms with Crippen molar-refractivity contribution in [1.29, 1.82) is 0 Å². The first-order valence-electron chi connectivity index (χ1n) is 5.27. The summed E-state index contributed by atoms with van der Waals surface area (Å²) in [6.07, 6.45) is 0.827. The van der Waals surface area contributed by atoms with Gasteiger partial charge in [-0.1, -0.05) is 13.8 Å². The molecular formula is C12H18BrNO2. The van der Waals surface area contributed by atoms with Gasteiger partial charge in [0.05, 0.1) is 11.6 Å². The lowest BCUT2D eigenvalue weighted by Crippen LogP contribution is -2.13. The van der Waals surface area contributed by atoms with Gasteiger partial charge in [-0.2, -0.15) is 0 Å². The summed E-state index contributed by atoms with van der Waals surface area (Å²) in [7, 11) is 1.59. The highest BCUT2D eigenvalue weighted by Crippen LogP contribution is 2.36. The Kier molecular flexibility index (Phi) is 4.62. The number of nitrogens with two attached hydrogens (primary N) is 1. The molecule has 1 atom stereocenters. The average Bonchev–Trinajstić information content (AvgIpc) is 2.20. The first kappa shape index (κ1) is 13.3. The molecule has 0 bridgehead atoms. The van der Waals surface area contributed by atoms with Crippen molar-refractivity contribution in [2.24, 2.45) is 11.7 Å². The molecule has 0 radical (unpaired) electrons. The number of aromatic hydroxyl groups is 1. The molecule has 0 saturated carbocycles. The van der Waals surface area contributed by atoms with Crippen LogP contribution in [0.25, 0.3) is 0 Å². The zero-order chi connectivity index (χ0) is 12.3. The number of methoxy groups -OCH3 is 1. The monoisotopic (exact) mass is 287 g/mol. The van der Waals surface area contributed by atoms with Crippen LogP contribution in [0.2, 0.25) is 0 Å². The third-order valence-corrected chi connectivity index (χ3v) is 3.03. The van der Waals surface area contributed by atoms with Crippen molar-refractivity contribution < 1.29 is 9.84 Å². The standard InChI is InChI=1S/C12H18BrNO2/c1-7(2)4-11(14)9-5-8(16-3)6-10(13)12(9)15/h5-7,11,15H,4,14H2,1-3H3/t11-/m1/s1. The second-order valence-corrected chi connectivity index (χ2v) is 5.14. The summed E-state index contributed by atoms with van der Waals surface area (Å²) in [6.45, 7) is 4.21. The van der Waals surface area contributed by atoms with Gasteiger partial charge in [0, 0.05) is 11.6 Å². The molecule has 0 aliphatic carbocycles. The summed E-state index contributed by atoms with van der Waals surface area (Å²) in [4.78, 5) is 0. The number of hydrogen-bond donors (Lipinski definition) is 2. The lowest BCUT2D eigenvalue weighted by Gasteiger charge is -2.17. The van der Waals surface area contributed by atoms with Crippen LogP contribution in [-0.2, 0) is 0 Å². The lowest BCUT2D eigenvalue weighted by atomic mass is 9.97. The van der Waals surface area contributed by atoms with E-state index in [1.807, 2.05) is 0 Å². The normalized spacial score (nSPS) is 12.9. The fraction of sp³-hybridized carbons (Fsp3) is 0.500. The van der Waals surface area contributed by atoms with Crippen LogP contribution in [0.1, 0.15) is 31.9 Å². The van der Waals surface area contributed by atoms with Gasteiger partial charge < -0.3 is 15.6 Å². The Hall–Kier alpha value is -0.740. The van der Waals surface area contributed by atoms with E-state index in [9.17, 15) is 5.11 Å². The summed E-state index contributed by atoms with van der Waals surface area (Å²) in [5, 5.41) is 9.92. The van der Waals surface area contributed by atoms with Crippen LogP contribution in [-0.4, -0.2) is 12.2 Å². The van der Waals surface area contributed by atoms with Crippen molar-refractivity contribution in [1.82, 2.24) is 0 Å². The van der Waals surface area contributed by atoms with Crippen LogP contribution in [0.15, 0.2) is 16.6 Å². The van der Waals surface area contributed by atoms with Crippen LogP contribution in [0.5, 0.6) is 11.5 Å². The highest BCUT2D eigenvalue weighted by atomic mass is 79.9. The maximum atomic E-state index is 9.92. The highest BCUT2D eigenvalue weighted by Gasteiger charge is 2.16. The maximum absolute atomic E-state index is 9.92.